The molecular formula is C11H8ClF3O. The summed E-state index contributed by atoms with van der Waals surface area (Å²) < 4.78 is 38.0. The summed E-state index contributed by atoms with van der Waals surface area (Å²) in [6.45, 7) is 0. The van der Waals surface area contributed by atoms with Crippen molar-refractivity contribution in [3.8, 4) is 0 Å². The van der Waals surface area contributed by atoms with Crippen LogP contribution in [-0.4, -0.2) is 5.78 Å². The Kier molecular flexibility index (Phi) is 2.70. The fourth-order valence-electron chi connectivity index (χ4n) is 1.56. The predicted octanol–water partition coefficient (Wildman–Crippen LogP) is 3.95. The summed E-state index contributed by atoms with van der Waals surface area (Å²) in [5, 5.41) is -0.119. The molecule has 0 aromatic heterocycles. The van der Waals surface area contributed by atoms with Crippen molar-refractivity contribution in [2.24, 2.45) is 5.92 Å². The Morgan fingerprint density at radius 1 is 1.31 bits per heavy atom. The van der Waals surface area contributed by atoms with E-state index in [0.717, 1.165) is 6.07 Å². The Balaban J connectivity index is 2.52. The first-order valence-electron chi connectivity index (χ1n) is 4.81. The van der Waals surface area contributed by atoms with Crippen molar-refractivity contribution >= 4 is 17.4 Å². The quantitative estimate of drug-likeness (QED) is 0.724. The molecule has 1 saturated carbocycles. The van der Waals surface area contributed by atoms with Crippen LogP contribution in [0, 0.1) is 5.92 Å². The molecule has 0 aliphatic heterocycles. The Morgan fingerprint density at radius 3 is 2.44 bits per heavy atom. The van der Waals surface area contributed by atoms with Gasteiger partial charge >= 0.3 is 6.18 Å². The van der Waals surface area contributed by atoms with Crippen LogP contribution in [0.15, 0.2) is 18.2 Å². The van der Waals surface area contributed by atoms with E-state index in [4.69, 9.17) is 11.6 Å². The van der Waals surface area contributed by atoms with Crippen molar-refractivity contribution in [1.29, 1.82) is 0 Å². The third kappa shape index (κ3) is 2.07. The highest BCUT2D eigenvalue weighted by Crippen LogP contribution is 2.40. The lowest BCUT2D eigenvalue weighted by molar-refractivity contribution is -0.137. The second-order valence-corrected chi connectivity index (χ2v) is 4.21. The van der Waals surface area contributed by atoms with E-state index in [-0.39, 0.29) is 16.5 Å². The number of halogens is 4. The number of rotatable bonds is 2. The van der Waals surface area contributed by atoms with Gasteiger partial charge in [0.25, 0.3) is 0 Å². The van der Waals surface area contributed by atoms with E-state index >= 15 is 0 Å². The number of alkyl halides is 3. The third-order valence-electron chi connectivity index (χ3n) is 2.51. The van der Waals surface area contributed by atoms with Gasteiger partial charge in [0, 0.05) is 11.5 Å². The monoisotopic (exact) mass is 248 g/mol. The average molecular weight is 249 g/mol. The van der Waals surface area contributed by atoms with E-state index in [2.05, 4.69) is 0 Å². The molecule has 0 saturated heterocycles. The van der Waals surface area contributed by atoms with E-state index in [1.165, 1.54) is 12.1 Å². The Morgan fingerprint density at radius 2 is 1.94 bits per heavy atom. The SMILES string of the molecule is O=C(c1c(Cl)cccc1C(F)(F)F)C1CC1. The van der Waals surface area contributed by atoms with E-state index in [9.17, 15) is 18.0 Å². The zero-order valence-electron chi connectivity index (χ0n) is 8.14. The first-order chi connectivity index (χ1) is 7.41. The fraction of sp³-hybridized carbons (Fsp3) is 0.364. The van der Waals surface area contributed by atoms with Gasteiger partial charge < -0.3 is 0 Å². The number of hydrogen-bond acceptors (Lipinski definition) is 1. The first-order valence-corrected chi connectivity index (χ1v) is 5.19. The number of carbonyl (C=O) groups excluding carboxylic acids is 1. The highest BCUT2D eigenvalue weighted by atomic mass is 35.5. The molecule has 1 nitrogen and oxygen atoms in total. The summed E-state index contributed by atoms with van der Waals surface area (Å²) in [6.07, 6.45) is -3.23. The topological polar surface area (TPSA) is 17.1 Å². The summed E-state index contributed by atoms with van der Waals surface area (Å²) in [6, 6.07) is 3.41. The van der Waals surface area contributed by atoms with E-state index < -0.39 is 17.5 Å². The molecular weight excluding hydrogens is 241 g/mol. The van der Waals surface area contributed by atoms with Crippen molar-refractivity contribution in [3.05, 3.63) is 34.3 Å². The zero-order chi connectivity index (χ0) is 11.9. The van der Waals surface area contributed by atoms with Crippen LogP contribution in [0.4, 0.5) is 13.2 Å². The number of carbonyl (C=O) groups is 1. The van der Waals surface area contributed by atoms with Gasteiger partial charge in [0.2, 0.25) is 0 Å². The number of hydrogen-bond donors (Lipinski definition) is 0. The Hall–Kier alpha value is -1.03. The van der Waals surface area contributed by atoms with Crippen molar-refractivity contribution < 1.29 is 18.0 Å². The van der Waals surface area contributed by atoms with Gasteiger partial charge in [-0.3, -0.25) is 4.79 Å². The lowest BCUT2D eigenvalue weighted by Gasteiger charge is -2.12. The molecule has 0 N–H and O–H groups in total. The molecule has 0 spiro atoms. The second-order valence-electron chi connectivity index (χ2n) is 3.80. The number of ketones is 1. The van der Waals surface area contributed by atoms with Crippen LogP contribution in [0.3, 0.4) is 0 Å². The normalized spacial score (nSPS) is 16.2. The lowest BCUT2D eigenvalue weighted by atomic mass is 10.0. The molecule has 0 bridgehead atoms. The van der Waals surface area contributed by atoms with E-state index in [0.29, 0.717) is 12.8 Å². The van der Waals surface area contributed by atoms with Crippen LogP contribution in [0.5, 0.6) is 0 Å². The molecule has 1 fully saturated rings. The standard InChI is InChI=1S/C11H8ClF3O/c12-8-3-1-2-7(11(13,14)15)9(8)10(16)6-4-5-6/h1-3,6H,4-5H2. The molecule has 16 heavy (non-hydrogen) atoms. The molecule has 0 radical (unpaired) electrons. The molecule has 1 aromatic rings. The molecule has 1 aliphatic rings. The van der Waals surface area contributed by atoms with Crippen molar-refractivity contribution in [3.63, 3.8) is 0 Å². The minimum Gasteiger partial charge on any atom is -0.294 e. The Bertz CT molecular complexity index is 435. The largest absolute Gasteiger partial charge is 0.417 e. The first kappa shape index (κ1) is 11.5. The molecule has 0 amide bonds. The second kappa shape index (κ2) is 3.77. The smallest absolute Gasteiger partial charge is 0.294 e. The van der Waals surface area contributed by atoms with Crippen LogP contribution in [-0.2, 0) is 6.18 Å². The fourth-order valence-corrected chi connectivity index (χ4v) is 1.83. The van der Waals surface area contributed by atoms with Gasteiger partial charge in [0.15, 0.2) is 5.78 Å². The highest BCUT2D eigenvalue weighted by Gasteiger charge is 2.40. The van der Waals surface area contributed by atoms with Gasteiger partial charge in [0.05, 0.1) is 10.6 Å². The molecule has 2 rings (SSSR count). The molecule has 5 heteroatoms. The van der Waals surface area contributed by atoms with Crippen LogP contribution < -0.4 is 0 Å². The molecule has 86 valence electrons. The lowest BCUT2D eigenvalue weighted by Crippen LogP contribution is -2.14. The van der Waals surface area contributed by atoms with Crippen molar-refractivity contribution in [2.75, 3.05) is 0 Å². The van der Waals surface area contributed by atoms with Gasteiger partial charge in [-0.1, -0.05) is 17.7 Å². The predicted molar refractivity (Wildman–Crippen MR) is 53.5 cm³/mol. The van der Waals surface area contributed by atoms with Gasteiger partial charge in [0.1, 0.15) is 0 Å². The maximum Gasteiger partial charge on any atom is 0.417 e. The third-order valence-corrected chi connectivity index (χ3v) is 2.83. The summed E-state index contributed by atoms with van der Waals surface area (Å²) in [5.74, 6) is -0.765. The summed E-state index contributed by atoms with van der Waals surface area (Å²) in [7, 11) is 0. The van der Waals surface area contributed by atoms with Gasteiger partial charge in [-0.05, 0) is 25.0 Å². The van der Waals surface area contributed by atoms with Crippen LogP contribution in [0.1, 0.15) is 28.8 Å². The van der Waals surface area contributed by atoms with Gasteiger partial charge in [-0.15, -0.1) is 0 Å². The van der Waals surface area contributed by atoms with Crippen LogP contribution >= 0.6 is 11.6 Å². The summed E-state index contributed by atoms with van der Waals surface area (Å²) in [5.41, 5.74) is -1.31. The number of benzene rings is 1. The van der Waals surface area contributed by atoms with Gasteiger partial charge in [-0.2, -0.15) is 13.2 Å². The van der Waals surface area contributed by atoms with Crippen molar-refractivity contribution in [2.45, 2.75) is 19.0 Å². The Labute approximate surface area is 95.2 Å². The van der Waals surface area contributed by atoms with Gasteiger partial charge in [-0.25, -0.2) is 0 Å². The van der Waals surface area contributed by atoms with Crippen LogP contribution in [0.25, 0.3) is 0 Å². The molecule has 0 atom stereocenters. The van der Waals surface area contributed by atoms with Crippen molar-refractivity contribution in [1.82, 2.24) is 0 Å². The minimum atomic E-state index is -4.54. The molecule has 1 aliphatic carbocycles. The molecule has 0 heterocycles. The maximum atomic E-state index is 12.7. The minimum absolute atomic E-state index is 0.119. The molecule has 1 aromatic carbocycles. The van der Waals surface area contributed by atoms with E-state index in [1.54, 1.807) is 0 Å². The zero-order valence-corrected chi connectivity index (χ0v) is 8.90. The maximum absolute atomic E-state index is 12.7. The number of Topliss-reactive ketones (excluding diaryl/α,β-unsaturated/α-hetero) is 1. The highest BCUT2D eigenvalue weighted by molar-refractivity contribution is 6.34. The summed E-state index contributed by atoms with van der Waals surface area (Å²) >= 11 is 5.68. The van der Waals surface area contributed by atoms with E-state index in [1.807, 2.05) is 0 Å². The summed E-state index contributed by atoms with van der Waals surface area (Å²) in [4.78, 5) is 11.7. The average Bonchev–Trinajstić information content (AvgIpc) is 2.98. The van der Waals surface area contributed by atoms with Crippen LogP contribution in [0.2, 0.25) is 5.02 Å². The molecule has 0 unspecified atom stereocenters.